The number of carbonyl (C=O) groups excluding carboxylic acids is 2. The predicted octanol–water partition coefficient (Wildman–Crippen LogP) is 3.77. The highest BCUT2D eigenvalue weighted by atomic mass is 16.5. The average Bonchev–Trinajstić information content (AvgIpc) is 3.11. The van der Waals surface area contributed by atoms with Crippen LogP contribution in [0.1, 0.15) is 24.0 Å². The first-order chi connectivity index (χ1) is 16.4. The topological polar surface area (TPSA) is 90.0 Å². The molecule has 1 amide bonds. The zero-order valence-electron chi connectivity index (χ0n) is 19.6. The number of ether oxygens (including phenoxy) is 3. The van der Waals surface area contributed by atoms with E-state index in [1.807, 2.05) is 54.3 Å². The van der Waals surface area contributed by atoms with Crippen molar-refractivity contribution in [3.8, 4) is 11.6 Å². The fourth-order valence-corrected chi connectivity index (χ4v) is 4.36. The number of Topliss-reactive ketones (excluding diaryl/α,β-unsaturated/α-hetero) is 1. The van der Waals surface area contributed by atoms with Gasteiger partial charge in [0.15, 0.2) is 5.72 Å². The van der Waals surface area contributed by atoms with Gasteiger partial charge in [-0.1, -0.05) is 30.3 Å². The van der Waals surface area contributed by atoms with Gasteiger partial charge in [-0.05, 0) is 42.3 Å². The zero-order valence-corrected chi connectivity index (χ0v) is 19.6. The molecular weight excluding hydrogens is 434 g/mol. The quantitative estimate of drug-likeness (QED) is 0.511. The Morgan fingerprint density at radius 1 is 1.03 bits per heavy atom. The lowest BCUT2D eigenvalue weighted by Crippen LogP contribution is -2.51. The molecule has 0 saturated heterocycles. The van der Waals surface area contributed by atoms with Gasteiger partial charge in [-0.3, -0.25) is 9.59 Å². The minimum Gasteiger partial charge on any atom is -0.497 e. The number of rotatable bonds is 8. The van der Waals surface area contributed by atoms with Crippen molar-refractivity contribution in [2.75, 3.05) is 31.5 Å². The highest BCUT2D eigenvalue weighted by Gasteiger charge is 2.53. The van der Waals surface area contributed by atoms with E-state index in [4.69, 9.17) is 14.2 Å². The van der Waals surface area contributed by atoms with Gasteiger partial charge in [0.2, 0.25) is 11.7 Å². The summed E-state index contributed by atoms with van der Waals surface area (Å²) in [5.41, 5.74) is 1.84. The molecule has 0 saturated carbocycles. The summed E-state index contributed by atoms with van der Waals surface area (Å²) in [5.74, 6) is -1.33. The average molecular weight is 462 g/mol. The van der Waals surface area contributed by atoms with Gasteiger partial charge >= 0.3 is 0 Å². The van der Waals surface area contributed by atoms with Gasteiger partial charge in [0.1, 0.15) is 11.7 Å². The molecule has 2 heterocycles. The Kier molecular flexibility index (Phi) is 6.51. The lowest BCUT2D eigenvalue weighted by atomic mass is 9.88. The number of nitrogens with zero attached hydrogens (tertiary/aromatic N) is 2. The highest BCUT2D eigenvalue weighted by Crippen LogP contribution is 2.50. The van der Waals surface area contributed by atoms with E-state index in [1.54, 1.807) is 32.4 Å². The van der Waals surface area contributed by atoms with Gasteiger partial charge in [0.05, 0.1) is 14.2 Å². The number of hydrogen-bond donors (Lipinski definition) is 1. The van der Waals surface area contributed by atoms with Crippen molar-refractivity contribution in [2.45, 2.75) is 25.1 Å². The largest absolute Gasteiger partial charge is 0.497 e. The Hall–Kier alpha value is -3.91. The molecule has 1 N–H and O–H groups in total. The van der Waals surface area contributed by atoms with Crippen molar-refractivity contribution in [1.29, 1.82) is 0 Å². The zero-order chi connectivity index (χ0) is 24.3. The van der Waals surface area contributed by atoms with Crippen LogP contribution in [0.3, 0.4) is 0 Å². The molecule has 2 aromatic carbocycles. The molecule has 0 fully saturated rings. The molecule has 0 aliphatic carbocycles. The second-order valence-electron chi connectivity index (χ2n) is 8.09. The van der Waals surface area contributed by atoms with Crippen LogP contribution in [-0.4, -0.2) is 43.7 Å². The first-order valence-electron chi connectivity index (χ1n) is 10.8. The number of pyridine rings is 1. The van der Waals surface area contributed by atoms with Crippen molar-refractivity contribution in [1.82, 2.24) is 4.98 Å². The maximum absolute atomic E-state index is 13.6. The van der Waals surface area contributed by atoms with E-state index >= 15 is 0 Å². The third kappa shape index (κ3) is 4.20. The number of carbonyl (C=O) groups is 2. The summed E-state index contributed by atoms with van der Waals surface area (Å²) in [4.78, 5) is 32.8. The molecule has 0 spiro atoms. The number of nitrogens with one attached hydrogen (secondary N) is 1. The summed E-state index contributed by atoms with van der Waals surface area (Å²) in [6, 6.07) is 18.6. The van der Waals surface area contributed by atoms with Crippen LogP contribution in [0.25, 0.3) is 0 Å². The van der Waals surface area contributed by atoms with E-state index in [0.29, 0.717) is 29.4 Å². The van der Waals surface area contributed by atoms with Gasteiger partial charge in [-0.25, -0.2) is 4.98 Å². The van der Waals surface area contributed by atoms with Gasteiger partial charge < -0.3 is 24.4 Å². The van der Waals surface area contributed by atoms with Crippen LogP contribution in [-0.2, 0) is 20.9 Å². The number of methoxy groups -OCH3 is 3. The number of hydrogen-bond acceptors (Lipinski definition) is 7. The number of fused-ring (bicyclic) bond motifs is 1. The normalized spacial score (nSPS) is 18.8. The van der Waals surface area contributed by atoms with Crippen LogP contribution in [0, 0.1) is 0 Å². The second kappa shape index (κ2) is 9.52. The highest BCUT2D eigenvalue weighted by molar-refractivity contribution is 6.43. The molecule has 2 unspecified atom stereocenters. The van der Waals surface area contributed by atoms with Crippen LogP contribution < -0.4 is 19.7 Å². The van der Waals surface area contributed by atoms with Crippen LogP contribution in [0.2, 0.25) is 0 Å². The predicted molar refractivity (Wildman–Crippen MR) is 128 cm³/mol. The standard InChI is InChI=1S/C26H27N3O5/c1-26(34-4)23(24(30)25(31)28-18-12-13-27-22(14-18)33-3)20-15-19(32-2)10-11-21(20)29(26)16-17-8-6-5-7-9-17/h5-15,23H,16H2,1-4H3,(H,27,28,31). The SMILES string of the molecule is COc1ccc2c(c1)C(C(=O)C(=O)Nc1ccnc(OC)c1)C(C)(OC)N2Cc1ccccc1. The molecule has 1 aliphatic rings. The Morgan fingerprint density at radius 3 is 2.47 bits per heavy atom. The summed E-state index contributed by atoms with van der Waals surface area (Å²) in [5, 5.41) is 2.67. The van der Waals surface area contributed by atoms with Gasteiger partial charge in [0.25, 0.3) is 5.91 Å². The van der Waals surface area contributed by atoms with Crippen LogP contribution >= 0.6 is 0 Å². The molecule has 0 radical (unpaired) electrons. The summed E-state index contributed by atoms with van der Waals surface area (Å²) < 4.78 is 16.5. The maximum Gasteiger partial charge on any atom is 0.292 e. The third-order valence-corrected chi connectivity index (χ3v) is 6.19. The Bertz CT molecular complexity index is 1200. The van der Waals surface area contributed by atoms with Crippen molar-refractivity contribution in [2.24, 2.45) is 0 Å². The summed E-state index contributed by atoms with van der Waals surface area (Å²) >= 11 is 0. The number of anilines is 2. The summed E-state index contributed by atoms with van der Waals surface area (Å²) in [6.45, 7) is 2.32. The van der Waals surface area contributed by atoms with Gasteiger partial charge in [0, 0.05) is 37.3 Å². The van der Waals surface area contributed by atoms with Crippen LogP contribution in [0.5, 0.6) is 11.6 Å². The van der Waals surface area contributed by atoms with Gasteiger partial charge in [-0.2, -0.15) is 0 Å². The summed E-state index contributed by atoms with van der Waals surface area (Å²) in [6.07, 6.45) is 1.50. The molecule has 4 rings (SSSR count). The van der Waals surface area contributed by atoms with Crippen molar-refractivity contribution in [3.63, 3.8) is 0 Å². The number of benzene rings is 2. The fourth-order valence-electron chi connectivity index (χ4n) is 4.36. The minimum absolute atomic E-state index is 0.331. The first kappa shape index (κ1) is 23.3. The smallest absolute Gasteiger partial charge is 0.292 e. The summed E-state index contributed by atoms with van der Waals surface area (Å²) in [7, 11) is 4.59. The van der Waals surface area contributed by atoms with E-state index in [-0.39, 0.29) is 0 Å². The lowest BCUT2D eigenvalue weighted by Gasteiger charge is -2.39. The van der Waals surface area contributed by atoms with Crippen molar-refractivity contribution >= 4 is 23.1 Å². The van der Waals surface area contributed by atoms with E-state index < -0.39 is 23.3 Å². The minimum atomic E-state index is -1.10. The monoisotopic (exact) mass is 461 g/mol. The molecule has 0 bridgehead atoms. The number of amides is 1. The molecule has 176 valence electrons. The Balaban J connectivity index is 1.72. The first-order valence-corrected chi connectivity index (χ1v) is 10.8. The van der Waals surface area contributed by atoms with E-state index in [2.05, 4.69) is 10.3 Å². The van der Waals surface area contributed by atoms with Crippen LogP contribution in [0.4, 0.5) is 11.4 Å². The van der Waals surface area contributed by atoms with Crippen LogP contribution in [0.15, 0.2) is 66.9 Å². The van der Waals surface area contributed by atoms with E-state index in [9.17, 15) is 9.59 Å². The molecule has 1 aliphatic heterocycles. The molecule has 8 nitrogen and oxygen atoms in total. The fraction of sp³-hybridized carbons (Fsp3) is 0.269. The molecule has 3 aromatic rings. The van der Waals surface area contributed by atoms with Gasteiger partial charge in [-0.15, -0.1) is 0 Å². The van der Waals surface area contributed by atoms with Crippen molar-refractivity contribution in [3.05, 3.63) is 78.0 Å². The Morgan fingerprint density at radius 2 is 1.79 bits per heavy atom. The molecule has 8 heteroatoms. The molecule has 1 aromatic heterocycles. The second-order valence-corrected chi connectivity index (χ2v) is 8.09. The number of ketones is 1. The molecular formula is C26H27N3O5. The number of aromatic nitrogens is 1. The maximum atomic E-state index is 13.6. The van der Waals surface area contributed by atoms with E-state index in [0.717, 1.165) is 11.3 Å². The molecule has 34 heavy (non-hydrogen) atoms. The van der Waals surface area contributed by atoms with E-state index in [1.165, 1.54) is 13.3 Å². The molecule has 2 atom stereocenters. The lowest BCUT2D eigenvalue weighted by molar-refractivity contribution is -0.140. The Labute approximate surface area is 198 Å². The third-order valence-electron chi connectivity index (χ3n) is 6.19. The van der Waals surface area contributed by atoms with Crippen molar-refractivity contribution < 1.29 is 23.8 Å².